The van der Waals surface area contributed by atoms with Gasteiger partial charge in [0.2, 0.25) is 0 Å². The van der Waals surface area contributed by atoms with Crippen molar-refractivity contribution in [3.8, 4) is 5.75 Å². The van der Waals surface area contributed by atoms with Crippen LogP contribution in [-0.4, -0.2) is 37.0 Å². The van der Waals surface area contributed by atoms with Crippen LogP contribution in [0, 0.1) is 0 Å². The number of thiophene rings is 1. The lowest BCUT2D eigenvalue weighted by Gasteiger charge is -2.39. The standard InChI is InChI=1S/C22H24N2O5S/c1-4-24-14-10-6-7-11-15(14)29-22(2,21(24)27)20(26)23-18-17(19(25)28-3)13-9-5-8-12-16(13)30-18/h6-7,10-11H,4-5,8-9,12H2,1-3H3,(H,23,26). The van der Waals surface area contributed by atoms with Crippen LogP contribution in [0.15, 0.2) is 24.3 Å². The Hall–Kier alpha value is -2.87. The van der Waals surface area contributed by atoms with Crippen molar-refractivity contribution >= 4 is 39.8 Å². The van der Waals surface area contributed by atoms with Gasteiger partial charge in [-0.15, -0.1) is 11.3 Å². The van der Waals surface area contributed by atoms with Crippen molar-refractivity contribution in [3.63, 3.8) is 0 Å². The van der Waals surface area contributed by atoms with E-state index in [1.165, 1.54) is 25.4 Å². The fourth-order valence-corrected chi connectivity index (χ4v) is 5.32. The monoisotopic (exact) mass is 428 g/mol. The number of likely N-dealkylation sites (N-methyl/N-ethyl adjacent to an activating group) is 1. The molecule has 0 spiro atoms. The van der Waals surface area contributed by atoms with Crippen LogP contribution in [0.5, 0.6) is 5.75 Å². The minimum Gasteiger partial charge on any atom is -0.465 e. The third-order valence-corrected chi connectivity index (χ3v) is 6.87. The van der Waals surface area contributed by atoms with Crippen molar-refractivity contribution in [2.24, 2.45) is 0 Å². The average molecular weight is 429 g/mol. The zero-order valence-electron chi connectivity index (χ0n) is 17.2. The molecule has 0 bridgehead atoms. The molecular weight excluding hydrogens is 404 g/mol. The van der Waals surface area contributed by atoms with E-state index in [1.807, 2.05) is 13.0 Å². The fourth-order valence-electron chi connectivity index (χ4n) is 4.05. The van der Waals surface area contributed by atoms with Gasteiger partial charge in [-0.3, -0.25) is 9.59 Å². The highest BCUT2D eigenvalue weighted by molar-refractivity contribution is 7.17. The zero-order valence-corrected chi connectivity index (χ0v) is 18.1. The molecule has 8 heteroatoms. The summed E-state index contributed by atoms with van der Waals surface area (Å²) in [6, 6.07) is 7.14. The summed E-state index contributed by atoms with van der Waals surface area (Å²) in [5.74, 6) is -1.06. The van der Waals surface area contributed by atoms with Crippen LogP contribution in [-0.2, 0) is 27.2 Å². The number of esters is 1. The predicted molar refractivity (Wildman–Crippen MR) is 114 cm³/mol. The highest BCUT2D eigenvalue weighted by Crippen LogP contribution is 2.41. The normalized spacial score (nSPS) is 20.1. The van der Waals surface area contributed by atoms with Crippen LogP contribution in [0.1, 0.15) is 47.5 Å². The molecule has 30 heavy (non-hydrogen) atoms. The molecule has 1 unspecified atom stereocenters. The molecule has 2 heterocycles. The maximum atomic E-state index is 13.3. The molecule has 2 amide bonds. The summed E-state index contributed by atoms with van der Waals surface area (Å²) in [7, 11) is 1.33. The Morgan fingerprint density at radius 3 is 2.73 bits per heavy atom. The Morgan fingerprint density at radius 2 is 2.00 bits per heavy atom. The van der Waals surface area contributed by atoms with Crippen molar-refractivity contribution in [1.82, 2.24) is 0 Å². The van der Waals surface area contributed by atoms with Crippen molar-refractivity contribution in [1.29, 1.82) is 0 Å². The first-order chi connectivity index (χ1) is 14.4. The lowest BCUT2D eigenvalue weighted by atomic mass is 9.95. The topological polar surface area (TPSA) is 84.9 Å². The van der Waals surface area contributed by atoms with Gasteiger partial charge in [0.25, 0.3) is 17.4 Å². The summed E-state index contributed by atoms with van der Waals surface area (Å²) in [4.78, 5) is 41.6. The molecule has 7 nitrogen and oxygen atoms in total. The number of nitrogens with zero attached hydrogens (tertiary/aromatic N) is 1. The minimum absolute atomic E-state index is 0.394. The number of fused-ring (bicyclic) bond motifs is 2. The summed E-state index contributed by atoms with van der Waals surface area (Å²) in [6.45, 7) is 3.72. The molecule has 4 rings (SSSR count). The highest BCUT2D eigenvalue weighted by atomic mass is 32.1. The first-order valence-corrected chi connectivity index (χ1v) is 10.9. The van der Waals surface area contributed by atoms with E-state index in [0.717, 1.165) is 36.1 Å². The number of para-hydroxylation sites is 2. The molecule has 1 atom stereocenters. The van der Waals surface area contributed by atoms with Gasteiger partial charge in [0, 0.05) is 11.4 Å². The molecule has 0 radical (unpaired) electrons. The van der Waals surface area contributed by atoms with Gasteiger partial charge in [0.15, 0.2) is 0 Å². The molecular formula is C22H24N2O5S. The molecule has 1 aromatic carbocycles. The summed E-state index contributed by atoms with van der Waals surface area (Å²) in [5.41, 5.74) is 0.222. The van der Waals surface area contributed by atoms with E-state index in [1.54, 1.807) is 23.1 Å². The second-order valence-corrected chi connectivity index (χ2v) is 8.62. The Kier molecular flexibility index (Phi) is 5.27. The van der Waals surface area contributed by atoms with Gasteiger partial charge >= 0.3 is 5.97 Å². The third-order valence-electron chi connectivity index (χ3n) is 5.66. The van der Waals surface area contributed by atoms with Gasteiger partial charge < -0.3 is 19.7 Å². The van der Waals surface area contributed by atoms with Crippen molar-refractivity contribution in [3.05, 3.63) is 40.3 Å². The number of methoxy groups -OCH3 is 1. The van der Waals surface area contributed by atoms with E-state index < -0.39 is 23.4 Å². The Morgan fingerprint density at radius 1 is 1.27 bits per heavy atom. The molecule has 1 aromatic heterocycles. The first kappa shape index (κ1) is 20.4. The quantitative estimate of drug-likeness (QED) is 0.595. The Bertz CT molecular complexity index is 1030. The first-order valence-electron chi connectivity index (χ1n) is 10.0. The van der Waals surface area contributed by atoms with E-state index in [-0.39, 0.29) is 0 Å². The van der Waals surface area contributed by atoms with Crippen molar-refractivity contribution in [2.45, 2.75) is 45.1 Å². The number of carbonyl (C=O) groups excluding carboxylic acids is 3. The third kappa shape index (κ3) is 3.15. The van der Waals surface area contributed by atoms with Gasteiger partial charge in [-0.2, -0.15) is 0 Å². The fraction of sp³-hybridized carbons (Fsp3) is 0.409. The summed E-state index contributed by atoms with van der Waals surface area (Å²) in [5, 5.41) is 3.22. The molecule has 1 aliphatic heterocycles. The summed E-state index contributed by atoms with van der Waals surface area (Å²) >= 11 is 1.38. The number of anilines is 2. The van der Waals surface area contributed by atoms with Gasteiger partial charge in [0.1, 0.15) is 10.8 Å². The SMILES string of the molecule is CCN1C(=O)C(C)(C(=O)Nc2sc3c(c2C(=O)OC)CCCC3)Oc2ccccc21. The molecule has 0 saturated carbocycles. The van der Waals surface area contributed by atoms with Crippen LogP contribution in [0.2, 0.25) is 0 Å². The second-order valence-electron chi connectivity index (χ2n) is 7.51. The number of aryl methyl sites for hydroxylation is 1. The Balaban J connectivity index is 1.70. The molecule has 1 aliphatic carbocycles. The smallest absolute Gasteiger partial charge is 0.341 e. The van der Waals surface area contributed by atoms with Crippen molar-refractivity contribution in [2.75, 3.05) is 23.9 Å². The number of nitrogens with one attached hydrogen (secondary N) is 1. The maximum Gasteiger partial charge on any atom is 0.341 e. The Labute approximate surface area is 179 Å². The van der Waals surface area contributed by atoms with Crippen LogP contribution < -0.4 is 15.0 Å². The molecule has 0 fully saturated rings. The van der Waals surface area contributed by atoms with Crippen LogP contribution in [0.4, 0.5) is 10.7 Å². The van der Waals surface area contributed by atoms with Gasteiger partial charge in [-0.05, 0) is 57.2 Å². The van der Waals surface area contributed by atoms with Gasteiger partial charge in [-0.1, -0.05) is 12.1 Å². The molecule has 2 aromatic rings. The van der Waals surface area contributed by atoms with Gasteiger partial charge in [-0.25, -0.2) is 4.79 Å². The molecule has 158 valence electrons. The van der Waals surface area contributed by atoms with E-state index in [9.17, 15) is 14.4 Å². The maximum absolute atomic E-state index is 13.3. The predicted octanol–water partition coefficient (Wildman–Crippen LogP) is 3.56. The van der Waals surface area contributed by atoms with Crippen LogP contribution in [0.25, 0.3) is 0 Å². The summed E-state index contributed by atoms with van der Waals surface area (Å²) in [6.07, 6.45) is 3.67. The van der Waals surface area contributed by atoms with Crippen LogP contribution in [0.3, 0.4) is 0 Å². The van der Waals surface area contributed by atoms with Crippen molar-refractivity contribution < 1.29 is 23.9 Å². The van der Waals surface area contributed by atoms with Gasteiger partial charge in [0.05, 0.1) is 18.4 Å². The van der Waals surface area contributed by atoms with Crippen LogP contribution >= 0.6 is 11.3 Å². The number of hydrogen-bond acceptors (Lipinski definition) is 6. The van der Waals surface area contributed by atoms with E-state index in [0.29, 0.717) is 28.5 Å². The van der Waals surface area contributed by atoms with E-state index in [2.05, 4.69) is 5.32 Å². The van der Waals surface area contributed by atoms with E-state index in [4.69, 9.17) is 9.47 Å². The molecule has 1 N–H and O–H groups in total. The zero-order chi connectivity index (χ0) is 21.5. The summed E-state index contributed by atoms with van der Waals surface area (Å²) < 4.78 is 10.9. The number of carbonyl (C=O) groups is 3. The largest absolute Gasteiger partial charge is 0.465 e. The number of amides is 2. The minimum atomic E-state index is -1.75. The number of hydrogen-bond donors (Lipinski definition) is 1. The highest BCUT2D eigenvalue weighted by Gasteiger charge is 2.50. The molecule has 0 saturated heterocycles. The van der Waals surface area contributed by atoms with E-state index >= 15 is 0 Å². The molecule has 2 aliphatic rings. The number of rotatable bonds is 4. The second kappa shape index (κ2) is 7.75. The average Bonchev–Trinajstić information content (AvgIpc) is 3.12. The lowest BCUT2D eigenvalue weighted by Crippen LogP contribution is -2.60. The number of benzene rings is 1. The number of ether oxygens (including phenoxy) is 2. The lowest BCUT2D eigenvalue weighted by molar-refractivity contribution is -0.145.